The summed E-state index contributed by atoms with van der Waals surface area (Å²) in [6.07, 6.45) is 4.00. The number of nitrogens with one attached hydrogen (secondary N) is 1. The van der Waals surface area contributed by atoms with Gasteiger partial charge in [-0.15, -0.1) is 0 Å². The molecular weight excluding hydrogens is 477 g/mol. The Morgan fingerprint density at radius 2 is 1.41 bits per heavy atom. The van der Waals surface area contributed by atoms with Crippen molar-refractivity contribution in [2.45, 2.75) is 0 Å². The van der Waals surface area contributed by atoms with Crippen LogP contribution in [-0.4, -0.2) is 21.6 Å². The minimum Gasteiger partial charge on any atom is -0.354 e. The van der Waals surface area contributed by atoms with Gasteiger partial charge in [-0.2, -0.15) is 0 Å². The first kappa shape index (κ1) is 20.8. The lowest BCUT2D eigenvalue weighted by Gasteiger charge is -2.35. The molecule has 0 fully saturated rings. The Morgan fingerprint density at radius 1 is 0.615 bits per heavy atom. The number of benzene rings is 5. The van der Waals surface area contributed by atoms with Crippen LogP contribution in [0.4, 0.5) is 22.7 Å². The fraction of sp³-hybridized carbons (Fsp3) is 0. The summed E-state index contributed by atoms with van der Waals surface area (Å²) in [5, 5.41) is 2.50. The van der Waals surface area contributed by atoms with E-state index in [0.717, 1.165) is 22.6 Å². The molecule has 7 aromatic rings. The molecule has 2 aliphatic heterocycles. The smallest absolute Gasteiger partial charge is 0.354 e. The van der Waals surface area contributed by atoms with Gasteiger partial charge in [0.15, 0.2) is 0 Å². The highest BCUT2D eigenvalue weighted by Gasteiger charge is 2.49. The number of hydrogen-bond acceptors (Lipinski definition) is 3. The maximum Gasteiger partial charge on any atom is 0.519 e. The molecule has 5 aromatic carbocycles. The fourth-order valence-electron chi connectivity index (χ4n) is 6.51. The van der Waals surface area contributed by atoms with Crippen LogP contribution < -0.4 is 9.62 Å². The molecule has 182 valence electrons. The van der Waals surface area contributed by atoms with Crippen molar-refractivity contribution in [1.29, 1.82) is 0 Å². The molecule has 0 aliphatic carbocycles. The minimum atomic E-state index is -0.0890. The summed E-state index contributed by atoms with van der Waals surface area (Å²) in [5.74, 6) is 0.989. The Kier molecular flexibility index (Phi) is 4.08. The van der Waals surface area contributed by atoms with Gasteiger partial charge in [0.2, 0.25) is 0 Å². The maximum absolute atomic E-state index is 4.77. The molecular formula is C33H22BN5. The summed E-state index contributed by atoms with van der Waals surface area (Å²) in [5.41, 5.74) is 10.5. The predicted octanol–water partition coefficient (Wildman–Crippen LogP) is 7.99. The van der Waals surface area contributed by atoms with Gasteiger partial charge in [0.25, 0.3) is 0 Å². The molecule has 6 heteroatoms. The van der Waals surface area contributed by atoms with Crippen molar-refractivity contribution in [3.05, 3.63) is 128 Å². The lowest BCUT2D eigenvalue weighted by atomic mass is 9.82. The van der Waals surface area contributed by atoms with Gasteiger partial charge in [-0.05, 0) is 48.0 Å². The Morgan fingerprint density at radius 3 is 2.36 bits per heavy atom. The number of nitrogens with zero attached hydrogens (tertiary/aromatic N) is 4. The van der Waals surface area contributed by atoms with Crippen molar-refractivity contribution in [1.82, 2.24) is 14.4 Å². The van der Waals surface area contributed by atoms with Crippen molar-refractivity contribution in [2.75, 3.05) is 9.62 Å². The molecule has 0 unspecified atom stereocenters. The molecule has 0 bridgehead atoms. The minimum absolute atomic E-state index is 0.0890. The number of aromatic nitrogens is 3. The van der Waals surface area contributed by atoms with Crippen molar-refractivity contribution >= 4 is 51.7 Å². The van der Waals surface area contributed by atoms with E-state index in [1.54, 1.807) is 0 Å². The summed E-state index contributed by atoms with van der Waals surface area (Å²) < 4.78 is 2.29. The van der Waals surface area contributed by atoms with Crippen LogP contribution in [0.5, 0.6) is 0 Å². The molecule has 9 rings (SSSR count). The number of hydrogen-bond donors (Lipinski definition) is 1. The van der Waals surface area contributed by atoms with Crippen LogP contribution in [0.3, 0.4) is 0 Å². The zero-order valence-electron chi connectivity index (χ0n) is 21.0. The number of aromatic amines is 1. The zero-order chi connectivity index (χ0) is 25.5. The molecule has 4 heterocycles. The third-order valence-electron chi connectivity index (χ3n) is 8.17. The lowest BCUT2D eigenvalue weighted by molar-refractivity contribution is 1.09. The monoisotopic (exact) mass is 499 g/mol. The Bertz CT molecular complexity index is 2060. The molecule has 0 radical (unpaired) electrons. The van der Waals surface area contributed by atoms with Gasteiger partial charge in [0.05, 0.1) is 16.9 Å². The second kappa shape index (κ2) is 7.65. The average molecular weight is 499 g/mol. The van der Waals surface area contributed by atoms with E-state index in [9.17, 15) is 0 Å². The van der Waals surface area contributed by atoms with Gasteiger partial charge in [0.1, 0.15) is 5.82 Å². The quantitative estimate of drug-likeness (QED) is 0.245. The summed E-state index contributed by atoms with van der Waals surface area (Å²) in [4.78, 5) is 13.3. The van der Waals surface area contributed by atoms with E-state index in [1.165, 1.54) is 44.5 Å². The van der Waals surface area contributed by atoms with Gasteiger partial charge >= 0.3 is 7.12 Å². The van der Waals surface area contributed by atoms with Crippen molar-refractivity contribution in [3.63, 3.8) is 0 Å². The van der Waals surface area contributed by atoms with Gasteiger partial charge < -0.3 is 19.1 Å². The lowest BCUT2D eigenvalue weighted by Crippen LogP contribution is -2.51. The molecule has 2 aromatic heterocycles. The van der Waals surface area contributed by atoms with E-state index in [4.69, 9.17) is 4.98 Å². The van der Waals surface area contributed by atoms with Crippen LogP contribution in [0.25, 0.3) is 44.3 Å². The Labute approximate surface area is 225 Å². The highest BCUT2D eigenvalue weighted by molar-refractivity contribution is 6.73. The molecule has 0 saturated heterocycles. The number of H-pyrrole nitrogens is 1. The van der Waals surface area contributed by atoms with Gasteiger partial charge in [0, 0.05) is 51.2 Å². The third-order valence-corrected chi connectivity index (χ3v) is 8.17. The largest absolute Gasteiger partial charge is 0.519 e. The summed E-state index contributed by atoms with van der Waals surface area (Å²) in [7, 11) is -0.0890. The third kappa shape index (κ3) is 2.77. The topological polar surface area (TPSA) is 40.1 Å². The van der Waals surface area contributed by atoms with E-state index in [1.807, 2.05) is 6.20 Å². The maximum atomic E-state index is 4.77. The second-order valence-electron chi connectivity index (χ2n) is 10.2. The van der Waals surface area contributed by atoms with Gasteiger partial charge in [-0.1, -0.05) is 72.8 Å². The van der Waals surface area contributed by atoms with Crippen LogP contribution in [0.15, 0.2) is 128 Å². The molecule has 0 saturated carbocycles. The average Bonchev–Trinajstić information content (AvgIpc) is 3.71. The van der Waals surface area contributed by atoms with E-state index in [-0.39, 0.29) is 7.12 Å². The first-order valence-corrected chi connectivity index (χ1v) is 13.3. The van der Waals surface area contributed by atoms with Crippen LogP contribution in [0, 0.1) is 0 Å². The van der Waals surface area contributed by atoms with Crippen molar-refractivity contribution in [2.24, 2.45) is 0 Å². The SMILES string of the molecule is c1ccc(N2B3N(c4ccccc4-c4nccn43)c3cc(-c4cccc5c4[nH]c4ccccc45)ccc32)cc1. The van der Waals surface area contributed by atoms with Crippen molar-refractivity contribution < 1.29 is 0 Å². The number of imidazole rings is 1. The molecule has 0 spiro atoms. The van der Waals surface area contributed by atoms with Gasteiger partial charge in [-0.25, -0.2) is 4.98 Å². The number of fused-ring (bicyclic) bond motifs is 11. The number of para-hydroxylation sites is 4. The van der Waals surface area contributed by atoms with Crippen LogP contribution in [0.2, 0.25) is 0 Å². The summed E-state index contributed by atoms with van der Waals surface area (Å²) >= 11 is 0. The van der Waals surface area contributed by atoms with Crippen LogP contribution in [-0.2, 0) is 0 Å². The van der Waals surface area contributed by atoms with Gasteiger partial charge in [-0.3, -0.25) is 0 Å². The molecule has 2 aliphatic rings. The van der Waals surface area contributed by atoms with Crippen LogP contribution in [0.1, 0.15) is 0 Å². The van der Waals surface area contributed by atoms with E-state index in [2.05, 4.69) is 141 Å². The molecule has 1 N–H and O–H groups in total. The Balaban J connectivity index is 1.31. The normalized spacial score (nSPS) is 13.5. The van der Waals surface area contributed by atoms with E-state index in [0.29, 0.717) is 0 Å². The summed E-state index contributed by atoms with van der Waals surface area (Å²) in [6.45, 7) is 0. The Hall–Kier alpha value is -5.23. The summed E-state index contributed by atoms with van der Waals surface area (Å²) in [6, 6.07) is 41.3. The highest BCUT2D eigenvalue weighted by atomic mass is 15.4. The molecule has 0 amide bonds. The number of anilines is 4. The zero-order valence-corrected chi connectivity index (χ0v) is 21.0. The number of rotatable bonds is 2. The molecule has 5 nitrogen and oxygen atoms in total. The fourth-order valence-corrected chi connectivity index (χ4v) is 6.51. The highest BCUT2D eigenvalue weighted by Crippen LogP contribution is 2.52. The van der Waals surface area contributed by atoms with Crippen molar-refractivity contribution in [3.8, 4) is 22.5 Å². The van der Waals surface area contributed by atoms with E-state index < -0.39 is 0 Å². The first-order chi connectivity index (χ1) is 19.4. The van der Waals surface area contributed by atoms with Crippen LogP contribution >= 0.6 is 0 Å². The predicted molar refractivity (Wildman–Crippen MR) is 161 cm³/mol. The molecule has 39 heavy (non-hydrogen) atoms. The second-order valence-corrected chi connectivity index (χ2v) is 10.2. The van der Waals surface area contributed by atoms with E-state index >= 15 is 0 Å². The molecule has 0 atom stereocenters. The first-order valence-electron chi connectivity index (χ1n) is 13.3. The standard InChI is InChI=1S/C33H22BN5/c1-2-9-23(10-3-1)38-30-18-17-22(24-13-8-14-26-25-11-4-6-15-28(25)36-32(24)26)21-31(30)39-29-16-7-5-12-27(29)33-35-19-20-37(33)34(38)39/h1-21,36H.